The molecule has 0 spiro atoms. The van der Waals surface area contributed by atoms with Gasteiger partial charge in [-0.2, -0.15) is 0 Å². The molecule has 3 nitrogen and oxygen atoms in total. The summed E-state index contributed by atoms with van der Waals surface area (Å²) in [6.07, 6.45) is 0. The molecule has 110 valence electrons. The summed E-state index contributed by atoms with van der Waals surface area (Å²) in [5, 5.41) is 6.08. The van der Waals surface area contributed by atoms with Crippen LogP contribution in [0, 0.1) is 0 Å². The van der Waals surface area contributed by atoms with E-state index >= 15 is 0 Å². The first kappa shape index (κ1) is 15.6. The van der Waals surface area contributed by atoms with Gasteiger partial charge in [0.15, 0.2) is 0 Å². The first-order valence-corrected chi connectivity index (χ1v) is 7.84. The maximum Gasteiger partial charge on any atom is 0.221 e. The van der Waals surface area contributed by atoms with E-state index in [2.05, 4.69) is 41.8 Å². The maximum absolute atomic E-state index is 11.0. The fraction of sp³-hybridized carbons (Fsp3) is 0.235. The molecular weight excluding hydrogens is 280 g/mol. The highest BCUT2D eigenvalue weighted by atomic mass is 32.2. The van der Waals surface area contributed by atoms with E-state index in [1.54, 1.807) is 11.8 Å². The predicted molar refractivity (Wildman–Crippen MR) is 88.7 cm³/mol. The molecule has 0 aromatic heterocycles. The average Bonchev–Trinajstić information content (AvgIpc) is 2.48. The molecule has 0 saturated heterocycles. The van der Waals surface area contributed by atoms with Gasteiger partial charge in [-0.15, -0.1) is 0 Å². The van der Waals surface area contributed by atoms with Crippen LogP contribution in [0.5, 0.6) is 0 Å². The Bertz CT molecular complexity index is 579. The zero-order valence-electron chi connectivity index (χ0n) is 12.3. The van der Waals surface area contributed by atoms with Crippen molar-refractivity contribution in [1.29, 1.82) is 0 Å². The highest BCUT2D eigenvalue weighted by Gasteiger charge is 2.00. The number of nitrogens with one attached hydrogen (secondary N) is 2. The third-order valence-corrected chi connectivity index (χ3v) is 3.93. The Labute approximate surface area is 130 Å². The molecule has 1 amide bonds. The van der Waals surface area contributed by atoms with Crippen molar-refractivity contribution in [3.05, 3.63) is 54.1 Å². The third-order valence-electron chi connectivity index (χ3n) is 2.91. The molecule has 2 aromatic rings. The van der Waals surface area contributed by atoms with Crippen LogP contribution < -0.4 is 10.6 Å². The maximum atomic E-state index is 11.0. The molecule has 0 saturated carbocycles. The quantitative estimate of drug-likeness (QED) is 0.850. The summed E-state index contributed by atoms with van der Waals surface area (Å²) >= 11 is 1.71. The van der Waals surface area contributed by atoms with Crippen LogP contribution in [0.4, 0.5) is 5.69 Å². The molecular formula is C17H20N2OS. The molecule has 2 N–H and O–H groups in total. The van der Waals surface area contributed by atoms with Crippen molar-refractivity contribution in [2.24, 2.45) is 0 Å². The van der Waals surface area contributed by atoms with Crippen molar-refractivity contribution in [2.75, 3.05) is 11.9 Å². The number of benzene rings is 2. The summed E-state index contributed by atoms with van der Waals surface area (Å²) in [5.74, 6) is -0.0494. The summed E-state index contributed by atoms with van der Waals surface area (Å²) in [5.41, 5.74) is 2.12. The molecule has 0 aliphatic rings. The fourth-order valence-electron chi connectivity index (χ4n) is 1.89. The molecule has 4 heteroatoms. The van der Waals surface area contributed by atoms with Gasteiger partial charge in [0.1, 0.15) is 0 Å². The second-order valence-electron chi connectivity index (χ2n) is 4.73. The Hall–Kier alpha value is -1.78. The second-order valence-corrected chi connectivity index (χ2v) is 5.88. The molecule has 0 bridgehead atoms. The molecule has 0 radical (unpaired) electrons. The van der Waals surface area contributed by atoms with E-state index in [9.17, 15) is 4.79 Å². The number of anilines is 1. The van der Waals surface area contributed by atoms with Crippen LogP contribution in [0.25, 0.3) is 0 Å². The van der Waals surface area contributed by atoms with Crippen LogP contribution >= 0.6 is 11.8 Å². The molecule has 0 unspecified atom stereocenters. The van der Waals surface area contributed by atoms with Crippen molar-refractivity contribution in [1.82, 2.24) is 5.32 Å². The number of rotatable bonds is 6. The van der Waals surface area contributed by atoms with Gasteiger partial charge in [0.25, 0.3) is 0 Å². The first-order valence-electron chi connectivity index (χ1n) is 7.02. The Morgan fingerprint density at radius 1 is 1.00 bits per heavy atom. The van der Waals surface area contributed by atoms with Crippen molar-refractivity contribution in [3.63, 3.8) is 0 Å². The lowest BCUT2D eigenvalue weighted by atomic mass is 10.2. The van der Waals surface area contributed by atoms with Crippen molar-refractivity contribution < 1.29 is 4.79 Å². The van der Waals surface area contributed by atoms with E-state index in [0.29, 0.717) is 0 Å². The van der Waals surface area contributed by atoms with Gasteiger partial charge in [0, 0.05) is 28.9 Å². The standard InChI is InChI=1S/C17H20N2OS/c1-3-18-12-14-4-8-16(9-5-14)21-17-10-6-15(7-11-17)19-13(2)20/h4-11,18H,3,12H2,1-2H3,(H,19,20). The Balaban J connectivity index is 1.96. The number of carbonyl (C=O) groups is 1. The van der Waals surface area contributed by atoms with Gasteiger partial charge in [0.2, 0.25) is 5.91 Å². The molecule has 21 heavy (non-hydrogen) atoms. The molecule has 0 heterocycles. The molecule has 2 rings (SSSR count). The zero-order valence-corrected chi connectivity index (χ0v) is 13.2. The van der Waals surface area contributed by atoms with Crippen molar-refractivity contribution in [2.45, 2.75) is 30.2 Å². The van der Waals surface area contributed by atoms with Crippen LogP contribution in [0.3, 0.4) is 0 Å². The van der Waals surface area contributed by atoms with Gasteiger partial charge in [-0.3, -0.25) is 4.79 Å². The topological polar surface area (TPSA) is 41.1 Å². The Morgan fingerprint density at radius 2 is 1.57 bits per heavy atom. The summed E-state index contributed by atoms with van der Waals surface area (Å²) < 4.78 is 0. The summed E-state index contributed by atoms with van der Waals surface area (Å²) in [6, 6.07) is 16.4. The summed E-state index contributed by atoms with van der Waals surface area (Å²) in [4.78, 5) is 13.3. The molecule has 0 atom stereocenters. The fourth-order valence-corrected chi connectivity index (χ4v) is 2.71. The van der Waals surface area contributed by atoms with Gasteiger partial charge >= 0.3 is 0 Å². The number of hydrogen-bond acceptors (Lipinski definition) is 3. The average molecular weight is 300 g/mol. The van der Waals surface area contributed by atoms with Gasteiger partial charge in [0.05, 0.1) is 0 Å². The van der Waals surface area contributed by atoms with Crippen LogP contribution in [0.2, 0.25) is 0 Å². The van der Waals surface area contributed by atoms with E-state index in [1.807, 2.05) is 24.3 Å². The molecule has 0 aliphatic carbocycles. The molecule has 0 aliphatic heterocycles. The van der Waals surface area contributed by atoms with Crippen LogP contribution in [-0.2, 0) is 11.3 Å². The lowest BCUT2D eigenvalue weighted by Gasteiger charge is -2.06. The highest BCUT2D eigenvalue weighted by molar-refractivity contribution is 7.99. The highest BCUT2D eigenvalue weighted by Crippen LogP contribution is 2.28. The van der Waals surface area contributed by atoms with E-state index in [1.165, 1.54) is 17.4 Å². The van der Waals surface area contributed by atoms with Gasteiger partial charge in [-0.25, -0.2) is 0 Å². The summed E-state index contributed by atoms with van der Waals surface area (Å²) in [6.45, 7) is 5.51. The predicted octanol–water partition coefficient (Wildman–Crippen LogP) is 3.91. The normalized spacial score (nSPS) is 10.4. The number of carbonyl (C=O) groups excluding carboxylic acids is 1. The van der Waals surface area contributed by atoms with Gasteiger partial charge in [-0.1, -0.05) is 30.8 Å². The van der Waals surface area contributed by atoms with E-state index in [0.717, 1.165) is 23.7 Å². The smallest absolute Gasteiger partial charge is 0.221 e. The Kier molecular flexibility index (Phi) is 5.84. The SMILES string of the molecule is CCNCc1ccc(Sc2ccc(NC(C)=O)cc2)cc1. The van der Waals surface area contributed by atoms with E-state index in [-0.39, 0.29) is 5.91 Å². The zero-order chi connectivity index (χ0) is 15.1. The lowest BCUT2D eigenvalue weighted by molar-refractivity contribution is -0.114. The minimum atomic E-state index is -0.0494. The first-order chi connectivity index (χ1) is 10.2. The monoisotopic (exact) mass is 300 g/mol. The minimum Gasteiger partial charge on any atom is -0.326 e. The summed E-state index contributed by atoms with van der Waals surface area (Å²) in [7, 11) is 0. The van der Waals surface area contributed by atoms with E-state index in [4.69, 9.17) is 0 Å². The van der Waals surface area contributed by atoms with E-state index < -0.39 is 0 Å². The van der Waals surface area contributed by atoms with Crippen LogP contribution in [0.15, 0.2) is 58.3 Å². The number of hydrogen-bond donors (Lipinski definition) is 2. The van der Waals surface area contributed by atoms with Crippen LogP contribution in [0.1, 0.15) is 19.4 Å². The number of amides is 1. The molecule has 0 fully saturated rings. The third kappa shape index (κ3) is 5.25. The van der Waals surface area contributed by atoms with Crippen LogP contribution in [-0.4, -0.2) is 12.5 Å². The second kappa shape index (κ2) is 7.86. The van der Waals surface area contributed by atoms with Gasteiger partial charge in [-0.05, 0) is 48.5 Å². The largest absolute Gasteiger partial charge is 0.326 e. The minimum absolute atomic E-state index is 0.0494. The van der Waals surface area contributed by atoms with Crippen molar-refractivity contribution >= 4 is 23.4 Å². The molecule has 2 aromatic carbocycles. The van der Waals surface area contributed by atoms with Crippen molar-refractivity contribution in [3.8, 4) is 0 Å². The Morgan fingerprint density at radius 3 is 2.10 bits per heavy atom. The lowest BCUT2D eigenvalue weighted by Crippen LogP contribution is -2.11. The van der Waals surface area contributed by atoms with Gasteiger partial charge < -0.3 is 10.6 Å².